The second-order valence-electron chi connectivity index (χ2n) is 6.57. The molecule has 0 aliphatic rings. The fourth-order valence-electron chi connectivity index (χ4n) is 3.10. The lowest BCUT2D eigenvalue weighted by Crippen LogP contribution is -2.24. The van der Waals surface area contributed by atoms with Crippen LogP contribution >= 0.6 is 0 Å². The van der Waals surface area contributed by atoms with E-state index >= 15 is 0 Å². The van der Waals surface area contributed by atoms with Crippen molar-refractivity contribution >= 4 is 16.9 Å². The second-order valence-corrected chi connectivity index (χ2v) is 6.57. The average molecular weight is 371 g/mol. The predicted molar refractivity (Wildman–Crippen MR) is 109 cm³/mol. The fraction of sp³-hybridized carbons (Fsp3) is 0.182. The van der Waals surface area contributed by atoms with E-state index in [1.807, 2.05) is 60.1 Å². The van der Waals surface area contributed by atoms with Crippen molar-refractivity contribution in [1.29, 1.82) is 0 Å². The van der Waals surface area contributed by atoms with Gasteiger partial charge in [-0.05, 0) is 30.2 Å². The summed E-state index contributed by atoms with van der Waals surface area (Å²) in [6.07, 6.45) is 6.12. The molecule has 0 bridgehead atoms. The van der Waals surface area contributed by atoms with Crippen LogP contribution in [0.5, 0.6) is 0 Å². The molecule has 0 saturated heterocycles. The molecule has 4 aromatic rings. The SMILES string of the molecule is CCCNC(=O)c1cc(-c2ccccc2)nc2c1cnn2Cc1ccncc1. The molecule has 0 spiro atoms. The molecule has 0 unspecified atom stereocenters. The lowest BCUT2D eigenvalue weighted by atomic mass is 10.1. The minimum absolute atomic E-state index is 0.102. The van der Waals surface area contributed by atoms with E-state index in [1.165, 1.54) is 0 Å². The number of pyridine rings is 2. The standard InChI is InChI=1S/C22H21N5O/c1-2-10-24-22(28)18-13-20(17-6-4-3-5-7-17)26-21-19(18)14-25-27(21)15-16-8-11-23-12-9-16/h3-9,11-14H,2,10,15H2,1H3,(H,24,28). The van der Waals surface area contributed by atoms with Gasteiger partial charge < -0.3 is 5.32 Å². The molecule has 140 valence electrons. The summed E-state index contributed by atoms with van der Waals surface area (Å²) < 4.78 is 1.83. The predicted octanol–water partition coefficient (Wildman–Crippen LogP) is 3.68. The summed E-state index contributed by atoms with van der Waals surface area (Å²) in [5.74, 6) is -0.102. The van der Waals surface area contributed by atoms with Crippen molar-refractivity contribution in [2.75, 3.05) is 6.54 Å². The van der Waals surface area contributed by atoms with E-state index in [0.29, 0.717) is 24.3 Å². The van der Waals surface area contributed by atoms with Crippen LogP contribution in [0.15, 0.2) is 67.1 Å². The Balaban J connectivity index is 1.83. The zero-order valence-corrected chi connectivity index (χ0v) is 15.7. The number of carbonyl (C=O) groups is 1. The van der Waals surface area contributed by atoms with E-state index in [9.17, 15) is 4.79 Å². The minimum Gasteiger partial charge on any atom is -0.352 e. The molecule has 4 rings (SSSR count). The highest BCUT2D eigenvalue weighted by Crippen LogP contribution is 2.25. The molecular formula is C22H21N5O. The maximum Gasteiger partial charge on any atom is 0.252 e. The van der Waals surface area contributed by atoms with Crippen LogP contribution in [-0.4, -0.2) is 32.2 Å². The lowest BCUT2D eigenvalue weighted by molar-refractivity contribution is 0.0955. The van der Waals surface area contributed by atoms with Crippen molar-refractivity contribution in [3.05, 3.63) is 78.2 Å². The van der Waals surface area contributed by atoms with Gasteiger partial charge in [-0.3, -0.25) is 9.78 Å². The zero-order chi connectivity index (χ0) is 19.3. The second kappa shape index (κ2) is 8.00. The van der Waals surface area contributed by atoms with Gasteiger partial charge in [-0.15, -0.1) is 0 Å². The topological polar surface area (TPSA) is 72.7 Å². The van der Waals surface area contributed by atoms with Gasteiger partial charge in [0.15, 0.2) is 5.65 Å². The van der Waals surface area contributed by atoms with E-state index in [2.05, 4.69) is 15.4 Å². The number of fused-ring (bicyclic) bond motifs is 1. The molecule has 0 aliphatic carbocycles. The number of amides is 1. The molecule has 0 atom stereocenters. The van der Waals surface area contributed by atoms with Gasteiger partial charge in [-0.2, -0.15) is 5.10 Å². The highest BCUT2D eigenvalue weighted by atomic mass is 16.1. The highest BCUT2D eigenvalue weighted by Gasteiger charge is 2.17. The van der Waals surface area contributed by atoms with Gasteiger partial charge in [0.25, 0.3) is 5.91 Å². The number of hydrogen-bond acceptors (Lipinski definition) is 4. The first-order valence-electron chi connectivity index (χ1n) is 9.35. The summed E-state index contributed by atoms with van der Waals surface area (Å²) in [5.41, 5.74) is 4.08. The van der Waals surface area contributed by atoms with Crippen LogP contribution in [0.25, 0.3) is 22.3 Å². The van der Waals surface area contributed by atoms with E-state index in [1.54, 1.807) is 18.6 Å². The third-order valence-electron chi connectivity index (χ3n) is 4.54. The zero-order valence-electron chi connectivity index (χ0n) is 15.7. The normalized spacial score (nSPS) is 10.9. The van der Waals surface area contributed by atoms with Crippen LogP contribution in [0.4, 0.5) is 0 Å². The molecule has 3 heterocycles. The van der Waals surface area contributed by atoms with Crippen LogP contribution in [0.1, 0.15) is 29.3 Å². The molecule has 3 aromatic heterocycles. The molecule has 1 amide bonds. The van der Waals surface area contributed by atoms with Crippen molar-refractivity contribution in [3.8, 4) is 11.3 Å². The lowest BCUT2D eigenvalue weighted by Gasteiger charge is -2.09. The van der Waals surface area contributed by atoms with Gasteiger partial charge in [0.05, 0.1) is 29.4 Å². The maximum absolute atomic E-state index is 12.8. The molecule has 0 fully saturated rings. The largest absolute Gasteiger partial charge is 0.352 e. The van der Waals surface area contributed by atoms with Crippen LogP contribution in [0.2, 0.25) is 0 Å². The average Bonchev–Trinajstić information content (AvgIpc) is 3.15. The van der Waals surface area contributed by atoms with E-state index < -0.39 is 0 Å². The van der Waals surface area contributed by atoms with E-state index in [4.69, 9.17) is 4.98 Å². The summed E-state index contributed by atoms with van der Waals surface area (Å²) >= 11 is 0. The third kappa shape index (κ3) is 3.62. The van der Waals surface area contributed by atoms with Crippen LogP contribution in [0, 0.1) is 0 Å². The van der Waals surface area contributed by atoms with Gasteiger partial charge in [0, 0.05) is 24.5 Å². The van der Waals surface area contributed by atoms with E-state index in [0.717, 1.165) is 28.6 Å². The summed E-state index contributed by atoms with van der Waals surface area (Å²) in [5, 5.41) is 8.22. The Hall–Kier alpha value is -3.54. The molecule has 28 heavy (non-hydrogen) atoms. The first-order chi connectivity index (χ1) is 13.8. The quantitative estimate of drug-likeness (QED) is 0.561. The first kappa shape index (κ1) is 17.9. The number of rotatable bonds is 6. The molecule has 0 saturated carbocycles. The third-order valence-corrected chi connectivity index (χ3v) is 4.54. The number of nitrogens with zero attached hydrogens (tertiary/aromatic N) is 4. The molecule has 1 aromatic carbocycles. The van der Waals surface area contributed by atoms with Gasteiger partial charge in [-0.25, -0.2) is 9.67 Å². The Morgan fingerprint density at radius 3 is 2.64 bits per heavy atom. The Morgan fingerprint density at radius 1 is 1.11 bits per heavy atom. The van der Waals surface area contributed by atoms with Gasteiger partial charge >= 0.3 is 0 Å². The molecule has 1 N–H and O–H groups in total. The number of carbonyl (C=O) groups excluding carboxylic acids is 1. The molecular weight excluding hydrogens is 350 g/mol. The maximum atomic E-state index is 12.8. The Bertz CT molecular complexity index is 1090. The minimum atomic E-state index is -0.102. The smallest absolute Gasteiger partial charge is 0.252 e. The van der Waals surface area contributed by atoms with Crippen LogP contribution in [0.3, 0.4) is 0 Å². The molecule has 0 aliphatic heterocycles. The number of benzene rings is 1. The van der Waals surface area contributed by atoms with Crippen LogP contribution in [-0.2, 0) is 6.54 Å². The highest BCUT2D eigenvalue weighted by molar-refractivity contribution is 6.06. The van der Waals surface area contributed by atoms with Gasteiger partial charge in [0.1, 0.15) is 0 Å². The van der Waals surface area contributed by atoms with Gasteiger partial charge in [-0.1, -0.05) is 37.3 Å². The van der Waals surface area contributed by atoms with Crippen molar-refractivity contribution in [2.45, 2.75) is 19.9 Å². The molecule has 6 heteroatoms. The van der Waals surface area contributed by atoms with Gasteiger partial charge in [0.2, 0.25) is 0 Å². The van der Waals surface area contributed by atoms with Crippen molar-refractivity contribution < 1.29 is 4.79 Å². The van der Waals surface area contributed by atoms with Crippen molar-refractivity contribution in [2.24, 2.45) is 0 Å². The Labute approximate surface area is 163 Å². The first-order valence-corrected chi connectivity index (χ1v) is 9.35. The Morgan fingerprint density at radius 2 is 1.89 bits per heavy atom. The summed E-state index contributed by atoms with van der Waals surface area (Å²) in [7, 11) is 0. The summed E-state index contributed by atoms with van der Waals surface area (Å²) in [4.78, 5) is 21.7. The summed E-state index contributed by atoms with van der Waals surface area (Å²) in [6, 6.07) is 15.6. The van der Waals surface area contributed by atoms with Crippen LogP contribution < -0.4 is 5.32 Å². The number of aromatic nitrogens is 4. The number of hydrogen-bond donors (Lipinski definition) is 1. The Kier molecular flexibility index (Phi) is 5.10. The number of nitrogens with one attached hydrogen (secondary N) is 1. The fourth-order valence-corrected chi connectivity index (χ4v) is 3.10. The summed E-state index contributed by atoms with van der Waals surface area (Å²) in [6.45, 7) is 3.23. The van der Waals surface area contributed by atoms with Crippen molar-refractivity contribution in [3.63, 3.8) is 0 Å². The molecule has 0 radical (unpaired) electrons. The monoisotopic (exact) mass is 371 g/mol. The van der Waals surface area contributed by atoms with E-state index in [-0.39, 0.29) is 5.91 Å². The molecule has 6 nitrogen and oxygen atoms in total. The van der Waals surface area contributed by atoms with Crippen molar-refractivity contribution in [1.82, 2.24) is 25.1 Å².